The highest BCUT2D eigenvalue weighted by Gasteiger charge is 2.41. The van der Waals surface area contributed by atoms with Crippen LogP contribution in [0.5, 0.6) is 5.75 Å². The van der Waals surface area contributed by atoms with Gasteiger partial charge in [-0.2, -0.15) is 0 Å². The lowest BCUT2D eigenvalue weighted by atomic mass is 9.82. The van der Waals surface area contributed by atoms with Gasteiger partial charge in [0, 0.05) is 112 Å². The Balaban J connectivity index is 1.17. The molecule has 8 amide bonds. The molecule has 128 heavy (non-hydrogen) atoms. The molecule has 12 N–H and O–H groups in total. The number of thiazole rings is 1. The number of carbonyl (C=O) groups excluding carboxylic acids is 14. The number of carboxylic acid groups (broad SMARTS) is 4. The Labute approximate surface area is 754 Å². The number of urea groups is 1. The molecule has 0 spiro atoms. The molecule has 13 atom stereocenters. The highest BCUT2D eigenvalue weighted by Crippen LogP contribution is 2.35. The molecule has 1 aliphatic heterocycles. The monoisotopic (exact) mass is 1840 g/mol. The minimum absolute atomic E-state index is 0.0165. The number of ketones is 4. The Kier molecular flexibility index (Phi) is 47.5. The number of likely N-dealkylation sites (N-methyl/N-ethyl adjacent to an activating group) is 1. The van der Waals surface area contributed by atoms with Crippen molar-refractivity contribution >= 4 is 140 Å². The summed E-state index contributed by atoms with van der Waals surface area (Å²) < 4.78 is 21.6. The summed E-state index contributed by atoms with van der Waals surface area (Å²) in [5.41, 5.74) is 1.74. The molecule has 1 fully saturated rings. The van der Waals surface area contributed by atoms with Gasteiger partial charge in [-0.15, -0.1) is 11.3 Å². The number of ether oxygens (including phenoxy) is 4. The molecule has 0 aliphatic carbocycles. The normalized spacial score (nSPS) is 15.4. The van der Waals surface area contributed by atoms with Gasteiger partial charge in [-0.05, 0) is 106 Å². The SMILES string of the molecule is CCCC(=O)OCN(C(=O)[C@@H](CC(=O)[C@H]1CCCCN1C)C(C)CC)[C@H](C[C@@H](OC(C)=O)c1nc(C(=O)N[C@@H](Cc2ccc(O)cc2)C[C@H](C)C(=O)CNC(=O)OCCSSC[C@@H](CC(=O)[C@H](CC(=O)O)NC(=O)[C@@H](CC(=O)[C@H](Cc2ccccc2)NC(=O)CCNC(=O)CC[C@H](NC(=O)N[C@@H](CCC(=O)O)OC=O)C(=O)O)Cc2ccccc2)C(=O)O)cs1)C(C)C. The number of piperidine rings is 1. The third kappa shape index (κ3) is 39.5. The maximum Gasteiger partial charge on any atom is 0.407 e. The fourth-order valence-electron chi connectivity index (χ4n) is 14.2. The van der Waals surface area contributed by atoms with E-state index in [2.05, 4.69) is 46.9 Å². The third-order valence-corrected chi connectivity index (χ3v) is 24.9. The Bertz CT molecular complexity index is 4370. The fourth-order valence-corrected chi connectivity index (χ4v) is 17.2. The van der Waals surface area contributed by atoms with Crippen LogP contribution in [0.25, 0.3) is 0 Å². The number of carbonyl (C=O) groups is 18. The highest BCUT2D eigenvalue weighted by atomic mass is 33.1. The van der Waals surface area contributed by atoms with Gasteiger partial charge in [-0.1, -0.05) is 149 Å². The second-order valence-electron chi connectivity index (χ2n) is 31.8. The first kappa shape index (κ1) is 107. The van der Waals surface area contributed by atoms with Gasteiger partial charge in [0.15, 0.2) is 42.2 Å². The first-order valence-corrected chi connectivity index (χ1v) is 45.9. The van der Waals surface area contributed by atoms with E-state index in [-0.39, 0.29) is 123 Å². The number of hydrogen-bond donors (Lipinski definition) is 12. The van der Waals surface area contributed by atoms with E-state index in [9.17, 15) is 102 Å². The lowest BCUT2D eigenvalue weighted by Crippen LogP contribution is -2.50. The molecule has 0 bridgehead atoms. The lowest BCUT2D eigenvalue weighted by molar-refractivity contribution is -0.162. The molecule has 1 aliphatic rings. The van der Waals surface area contributed by atoms with Crippen LogP contribution in [0.3, 0.4) is 0 Å². The van der Waals surface area contributed by atoms with Crippen LogP contribution in [0.15, 0.2) is 90.3 Å². The van der Waals surface area contributed by atoms with Crippen molar-refractivity contribution in [3.8, 4) is 5.75 Å². The number of amides is 8. The molecule has 702 valence electrons. The van der Waals surface area contributed by atoms with Crippen LogP contribution in [-0.2, 0) is 110 Å². The number of rotatable bonds is 61. The van der Waals surface area contributed by atoms with Crippen LogP contribution < -0.4 is 37.2 Å². The van der Waals surface area contributed by atoms with Crippen molar-refractivity contribution < 1.29 is 131 Å². The Morgan fingerprint density at radius 2 is 1.30 bits per heavy atom. The number of esters is 2. The number of aromatic nitrogens is 1. The Morgan fingerprint density at radius 1 is 0.648 bits per heavy atom. The number of likely N-dealkylation sites (tertiary alicyclic amines) is 1. The number of carboxylic acids is 4. The van der Waals surface area contributed by atoms with Crippen molar-refractivity contribution in [2.75, 3.05) is 51.5 Å². The number of aromatic hydroxyl groups is 1. The van der Waals surface area contributed by atoms with Crippen molar-refractivity contribution in [1.29, 1.82) is 0 Å². The molecule has 1 saturated heterocycles. The summed E-state index contributed by atoms with van der Waals surface area (Å²) >= 11 is 1.03. The van der Waals surface area contributed by atoms with Crippen LogP contribution in [0.2, 0.25) is 0 Å². The van der Waals surface area contributed by atoms with Crippen LogP contribution >= 0.6 is 32.9 Å². The number of alkyl carbamates (subject to hydrolysis) is 1. The second kappa shape index (κ2) is 56.7. The summed E-state index contributed by atoms with van der Waals surface area (Å²) in [5, 5.41) is 67.8. The highest BCUT2D eigenvalue weighted by molar-refractivity contribution is 8.76. The summed E-state index contributed by atoms with van der Waals surface area (Å²) in [6, 6.07) is 15.2. The molecule has 37 nitrogen and oxygen atoms in total. The maximum atomic E-state index is 15.1. The standard InChI is InChI=1S/C88H120N10O27S3/c1-9-19-80(112)123-50-98(84(115)63(53(5)10-2)44-72(104)68-24-17-18-35-97(68)8)69(52(3)4)46-74(125-55(7)100)83-94-67(49-126-83)82(114)91-61(40-58-25-27-62(101)28-26-58)38-54(6)73(105)47-90-88(121)122-36-37-127-128-48-60(85(116)117)43-71(103)66(45-79(110)111)93-81(113)59(39-56-20-13-11-14-21-56)42-70(102)65(41-57-22-15-12-16-23-57)92-76(107)33-34-89-75(106)30-29-64(86(118)119)95-87(120)96-77(124-51-99)31-32-78(108)109/h11-16,20-23,25-28,49,51-54,59-61,63-66,68-69,74,77,101H,9-10,17-19,24,29-48,50H2,1-8H3,(H,89,106)(H,90,121)(H,91,114)(H,92,107)(H,93,113)(H,108,109)(H,110,111)(H,116,117)(H,118,119)(H2,95,96,120)/t53?,54-,59+,60+,61+,63-,64-,65-,66-,68+,69+,74+,77+/m0/s1. The molecule has 0 saturated carbocycles. The minimum Gasteiger partial charge on any atom is -0.508 e. The van der Waals surface area contributed by atoms with Crippen molar-refractivity contribution in [2.24, 2.45) is 35.5 Å². The van der Waals surface area contributed by atoms with Crippen LogP contribution in [0.1, 0.15) is 196 Å². The van der Waals surface area contributed by atoms with E-state index in [1.807, 2.05) is 46.6 Å². The van der Waals surface area contributed by atoms with E-state index in [0.717, 1.165) is 52.3 Å². The van der Waals surface area contributed by atoms with E-state index in [1.165, 1.54) is 29.3 Å². The maximum absolute atomic E-state index is 15.1. The van der Waals surface area contributed by atoms with Gasteiger partial charge in [-0.25, -0.2) is 19.4 Å². The zero-order valence-corrected chi connectivity index (χ0v) is 75.6. The largest absolute Gasteiger partial charge is 0.508 e. The van der Waals surface area contributed by atoms with E-state index < -0.39 is 219 Å². The van der Waals surface area contributed by atoms with Crippen LogP contribution in [0.4, 0.5) is 9.59 Å². The van der Waals surface area contributed by atoms with E-state index >= 15 is 4.79 Å². The zero-order chi connectivity index (χ0) is 94.5. The third-order valence-electron chi connectivity index (χ3n) is 21.5. The van der Waals surface area contributed by atoms with Crippen molar-refractivity contribution in [2.45, 2.75) is 225 Å². The first-order valence-electron chi connectivity index (χ1n) is 42.5. The molecule has 1 unspecified atom stereocenters. The zero-order valence-electron chi connectivity index (χ0n) is 73.2. The van der Waals surface area contributed by atoms with Gasteiger partial charge in [0.1, 0.15) is 29.1 Å². The molecule has 5 rings (SSSR count). The number of benzene rings is 3. The Morgan fingerprint density at radius 3 is 1.91 bits per heavy atom. The van der Waals surface area contributed by atoms with Crippen LogP contribution in [-0.4, -0.2) is 241 Å². The first-order chi connectivity index (χ1) is 60.9. The van der Waals surface area contributed by atoms with Gasteiger partial charge in [-0.3, -0.25) is 76.8 Å². The summed E-state index contributed by atoms with van der Waals surface area (Å²) in [4.78, 5) is 245. The minimum atomic E-state index is -1.79. The van der Waals surface area contributed by atoms with Crippen molar-refractivity contribution in [1.82, 2.24) is 52.0 Å². The quantitative estimate of drug-likeness (QED) is 0.00502. The lowest BCUT2D eigenvalue weighted by Gasteiger charge is -2.39. The van der Waals surface area contributed by atoms with Crippen LogP contribution in [0, 0.1) is 35.5 Å². The van der Waals surface area contributed by atoms with E-state index in [1.54, 1.807) is 79.7 Å². The summed E-state index contributed by atoms with van der Waals surface area (Å²) in [7, 11) is 3.95. The number of phenolic OH excluding ortho intramolecular Hbond substituents is 1. The average molecular weight is 1850 g/mol. The predicted octanol–water partition coefficient (Wildman–Crippen LogP) is 7.71. The number of phenols is 1. The number of hydrogen-bond acceptors (Lipinski definition) is 28. The van der Waals surface area contributed by atoms with E-state index in [0.29, 0.717) is 36.0 Å². The van der Waals surface area contributed by atoms with Gasteiger partial charge in [0.05, 0.1) is 43.4 Å². The van der Waals surface area contributed by atoms with Gasteiger partial charge in [0.2, 0.25) is 23.6 Å². The van der Waals surface area contributed by atoms with Gasteiger partial charge < -0.3 is 86.6 Å². The van der Waals surface area contributed by atoms with Gasteiger partial charge >= 0.3 is 47.9 Å². The summed E-state index contributed by atoms with van der Waals surface area (Å²) in [6.45, 7) is 11.4. The van der Waals surface area contributed by atoms with Crippen molar-refractivity contribution in [3.05, 3.63) is 118 Å². The van der Waals surface area contributed by atoms with Gasteiger partial charge in [0.25, 0.3) is 12.4 Å². The molecule has 40 heteroatoms. The number of aliphatic carboxylic acids is 4. The summed E-state index contributed by atoms with van der Waals surface area (Å²) in [5.74, 6) is -17.7. The topological polar surface area (TPSA) is 549 Å². The molecule has 2 heterocycles. The average Bonchev–Trinajstić information content (AvgIpc) is 1.41. The molecule has 4 aromatic rings. The molecular formula is C88H120N10O27S3. The smallest absolute Gasteiger partial charge is 0.407 e. The molecule has 3 aromatic carbocycles. The Hall–Kier alpha value is -11.4. The van der Waals surface area contributed by atoms with Crippen molar-refractivity contribution in [3.63, 3.8) is 0 Å². The second-order valence-corrected chi connectivity index (χ2v) is 35.4. The predicted molar refractivity (Wildman–Crippen MR) is 470 cm³/mol. The fraction of sp³-hybridized carbons (Fsp3) is 0.557. The number of Topliss-reactive ketones (excluding diaryl/α,β-unsaturated/α-hetero) is 4. The number of nitrogens with zero attached hydrogens (tertiary/aromatic N) is 3. The molecule has 0 radical (unpaired) electrons. The molecule has 1 aromatic heterocycles. The van der Waals surface area contributed by atoms with E-state index in [4.69, 9.17) is 19.3 Å². The number of nitrogens with one attached hydrogen (secondary N) is 7. The molecular weight excluding hydrogens is 1730 g/mol. The summed E-state index contributed by atoms with van der Waals surface area (Å²) in [6.07, 6.45) is -4.46.